The van der Waals surface area contributed by atoms with Gasteiger partial charge in [-0.2, -0.15) is 0 Å². The largest absolute Gasteiger partial charge is 0.379 e. The van der Waals surface area contributed by atoms with Crippen LogP contribution < -0.4 is 10.6 Å². The summed E-state index contributed by atoms with van der Waals surface area (Å²) in [6, 6.07) is 0. The highest BCUT2D eigenvalue weighted by molar-refractivity contribution is 14.0. The zero-order chi connectivity index (χ0) is 15.2. The lowest BCUT2D eigenvalue weighted by Crippen LogP contribution is -2.49. The van der Waals surface area contributed by atoms with E-state index in [0.717, 1.165) is 19.0 Å². The second kappa shape index (κ2) is 9.18. The van der Waals surface area contributed by atoms with Crippen LogP contribution in [0.15, 0.2) is 4.99 Å². The fourth-order valence-electron chi connectivity index (χ4n) is 2.76. The van der Waals surface area contributed by atoms with Crippen molar-refractivity contribution >= 4 is 29.9 Å². The molecule has 0 spiro atoms. The number of ether oxygens (including phenoxy) is 1. The summed E-state index contributed by atoms with van der Waals surface area (Å²) >= 11 is 0. The maximum absolute atomic E-state index is 5.56. The Hall–Kier alpha value is -0.0400. The molecule has 0 heterocycles. The van der Waals surface area contributed by atoms with E-state index in [-0.39, 0.29) is 35.5 Å². The summed E-state index contributed by atoms with van der Waals surface area (Å²) in [6.07, 6.45) is 5.48. The molecular weight excluding hydrogens is 377 g/mol. The van der Waals surface area contributed by atoms with Gasteiger partial charge in [-0.25, -0.2) is 0 Å². The summed E-state index contributed by atoms with van der Waals surface area (Å²) in [5.74, 6) is 0.885. The first-order valence-corrected chi connectivity index (χ1v) is 7.84. The third-order valence-electron chi connectivity index (χ3n) is 4.72. The predicted octanol–water partition coefficient (Wildman–Crippen LogP) is 3.41. The number of nitrogens with zero attached hydrogens (tertiary/aromatic N) is 1. The topological polar surface area (TPSA) is 45.7 Å². The van der Waals surface area contributed by atoms with Crippen molar-refractivity contribution in [2.24, 2.45) is 15.8 Å². The van der Waals surface area contributed by atoms with E-state index in [2.05, 4.69) is 43.3 Å². The molecule has 4 nitrogen and oxygen atoms in total. The molecule has 0 saturated heterocycles. The first kappa shape index (κ1) is 21.0. The first-order chi connectivity index (χ1) is 9.37. The van der Waals surface area contributed by atoms with E-state index < -0.39 is 0 Å². The molecule has 0 aliphatic heterocycles. The molecule has 1 unspecified atom stereocenters. The molecule has 0 aromatic rings. The van der Waals surface area contributed by atoms with Gasteiger partial charge < -0.3 is 15.4 Å². The molecule has 0 amide bonds. The van der Waals surface area contributed by atoms with Gasteiger partial charge in [0.25, 0.3) is 0 Å². The van der Waals surface area contributed by atoms with Crippen LogP contribution in [0.25, 0.3) is 0 Å². The van der Waals surface area contributed by atoms with E-state index in [1.165, 1.54) is 25.7 Å². The van der Waals surface area contributed by atoms with E-state index in [4.69, 9.17) is 4.74 Å². The number of guanidine groups is 1. The van der Waals surface area contributed by atoms with Crippen molar-refractivity contribution in [3.63, 3.8) is 0 Å². The molecule has 21 heavy (non-hydrogen) atoms. The van der Waals surface area contributed by atoms with Crippen LogP contribution in [0.1, 0.15) is 53.4 Å². The van der Waals surface area contributed by atoms with E-state index in [9.17, 15) is 0 Å². The number of aliphatic imine (C=N–C) groups is 1. The molecule has 126 valence electrons. The molecule has 0 bridgehead atoms. The average molecular weight is 411 g/mol. The van der Waals surface area contributed by atoms with Crippen molar-refractivity contribution < 1.29 is 4.74 Å². The number of nitrogens with one attached hydrogen (secondary N) is 2. The standard InChI is InChI=1S/C16H33N3O.HI/c1-7-16(9-8-10-16)12-19-14(17-5)18-11-13(20-6)15(2,3)4;/h13H,7-12H2,1-6H3,(H2,17,18,19);1H. The highest BCUT2D eigenvalue weighted by atomic mass is 127. The number of methoxy groups -OCH3 is 1. The lowest BCUT2D eigenvalue weighted by Gasteiger charge is -2.41. The molecule has 1 rings (SSSR count). The monoisotopic (exact) mass is 411 g/mol. The molecule has 1 atom stereocenters. The van der Waals surface area contributed by atoms with Crippen LogP contribution in [0.4, 0.5) is 0 Å². The van der Waals surface area contributed by atoms with Crippen molar-refractivity contribution in [2.45, 2.75) is 59.5 Å². The normalized spacial score (nSPS) is 19.2. The van der Waals surface area contributed by atoms with Crippen molar-refractivity contribution in [3.8, 4) is 0 Å². The van der Waals surface area contributed by atoms with Gasteiger partial charge in [0, 0.05) is 27.2 Å². The van der Waals surface area contributed by atoms with Crippen LogP contribution in [0.5, 0.6) is 0 Å². The summed E-state index contributed by atoms with van der Waals surface area (Å²) in [6.45, 7) is 10.7. The van der Waals surface area contributed by atoms with Gasteiger partial charge in [-0.3, -0.25) is 4.99 Å². The van der Waals surface area contributed by atoms with E-state index in [0.29, 0.717) is 5.41 Å². The molecule has 1 saturated carbocycles. The number of halogens is 1. The molecular formula is C16H34IN3O. The highest BCUT2D eigenvalue weighted by Gasteiger charge is 2.35. The number of hydrogen-bond acceptors (Lipinski definition) is 2. The minimum absolute atomic E-state index is 0. The van der Waals surface area contributed by atoms with Crippen LogP contribution in [-0.4, -0.2) is 39.3 Å². The molecule has 1 fully saturated rings. The summed E-state index contributed by atoms with van der Waals surface area (Å²) < 4.78 is 5.56. The summed E-state index contributed by atoms with van der Waals surface area (Å²) in [7, 11) is 3.60. The van der Waals surface area contributed by atoms with Gasteiger partial charge in [0.2, 0.25) is 0 Å². The summed E-state index contributed by atoms with van der Waals surface area (Å²) in [5.41, 5.74) is 0.627. The van der Waals surface area contributed by atoms with E-state index in [1.54, 1.807) is 7.11 Å². The minimum Gasteiger partial charge on any atom is -0.379 e. The van der Waals surface area contributed by atoms with Crippen LogP contribution in [-0.2, 0) is 4.74 Å². The van der Waals surface area contributed by atoms with Gasteiger partial charge in [-0.1, -0.05) is 34.1 Å². The Morgan fingerprint density at radius 3 is 2.24 bits per heavy atom. The lowest BCUT2D eigenvalue weighted by atomic mass is 9.67. The van der Waals surface area contributed by atoms with Crippen LogP contribution >= 0.6 is 24.0 Å². The molecule has 5 heteroatoms. The van der Waals surface area contributed by atoms with Crippen molar-refractivity contribution in [2.75, 3.05) is 27.2 Å². The summed E-state index contributed by atoms with van der Waals surface area (Å²) in [5, 5.41) is 6.86. The third kappa shape index (κ3) is 6.30. The average Bonchev–Trinajstić information content (AvgIpc) is 2.34. The quantitative estimate of drug-likeness (QED) is 0.400. The van der Waals surface area contributed by atoms with Crippen LogP contribution in [0.2, 0.25) is 0 Å². The molecule has 2 N–H and O–H groups in total. The van der Waals surface area contributed by atoms with Gasteiger partial charge in [0.15, 0.2) is 5.96 Å². The SMILES string of the molecule is CCC1(CNC(=NC)NCC(OC)C(C)(C)C)CCC1.I. The van der Waals surface area contributed by atoms with Gasteiger partial charge in [-0.05, 0) is 30.1 Å². The van der Waals surface area contributed by atoms with Crippen LogP contribution in [0.3, 0.4) is 0 Å². The maximum atomic E-state index is 5.56. The Kier molecular flexibility index (Phi) is 9.16. The van der Waals surface area contributed by atoms with Gasteiger partial charge in [0.05, 0.1) is 6.10 Å². The Labute approximate surface area is 147 Å². The minimum atomic E-state index is 0. The molecule has 0 aromatic heterocycles. The lowest BCUT2D eigenvalue weighted by molar-refractivity contribution is 0.0204. The Morgan fingerprint density at radius 1 is 1.29 bits per heavy atom. The van der Waals surface area contributed by atoms with Crippen molar-refractivity contribution in [1.29, 1.82) is 0 Å². The molecule has 0 radical (unpaired) electrons. The Morgan fingerprint density at radius 2 is 1.90 bits per heavy atom. The van der Waals surface area contributed by atoms with Gasteiger partial charge in [0.1, 0.15) is 0 Å². The molecule has 0 aromatic carbocycles. The smallest absolute Gasteiger partial charge is 0.191 e. The first-order valence-electron chi connectivity index (χ1n) is 7.84. The van der Waals surface area contributed by atoms with Crippen LogP contribution in [0, 0.1) is 10.8 Å². The fourth-order valence-corrected chi connectivity index (χ4v) is 2.76. The zero-order valence-corrected chi connectivity index (χ0v) is 16.9. The Bertz CT molecular complexity index is 316. The number of hydrogen-bond donors (Lipinski definition) is 2. The second-order valence-corrected chi connectivity index (χ2v) is 7.10. The zero-order valence-electron chi connectivity index (χ0n) is 14.6. The fraction of sp³-hybridized carbons (Fsp3) is 0.938. The second-order valence-electron chi connectivity index (χ2n) is 7.10. The van der Waals surface area contributed by atoms with E-state index in [1.807, 2.05) is 7.05 Å². The van der Waals surface area contributed by atoms with Crippen molar-refractivity contribution in [1.82, 2.24) is 10.6 Å². The number of rotatable bonds is 6. The van der Waals surface area contributed by atoms with E-state index >= 15 is 0 Å². The van der Waals surface area contributed by atoms with Crippen molar-refractivity contribution in [3.05, 3.63) is 0 Å². The third-order valence-corrected chi connectivity index (χ3v) is 4.72. The molecule has 1 aliphatic rings. The molecule has 1 aliphatic carbocycles. The Balaban J connectivity index is 0.00000400. The predicted molar refractivity (Wildman–Crippen MR) is 102 cm³/mol. The highest BCUT2D eigenvalue weighted by Crippen LogP contribution is 2.42. The van der Waals surface area contributed by atoms with Gasteiger partial charge in [-0.15, -0.1) is 24.0 Å². The van der Waals surface area contributed by atoms with Gasteiger partial charge >= 0.3 is 0 Å². The summed E-state index contributed by atoms with van der Waals surface area (Å²) in [4.78, 5) is 4.31. The maximum Gasteiger partial charge on any atom is 0.191 e.